The van der Waals surface area contributed by atoms with Crippen LogP contribution < -0.4 is 0 Å². The molecule has 1 N–H and O–H groups in total. The van der Waals surface area contributed by atoms with Crippen molar-refractivity contribution in [2.45, 2.75) is 33.7 Å². The van der Waals surface area contributed by atoms with Crippen molar-refractivity contribution in [2.75, 3.05) is 19.4 Å². The summed E-state index contributed by atoms with van der Waals surface area (Å²) in [7, 11) is -1.65. The molecule has 21 heavy (non-hydrogen) atoms. The van der Waals surface area contributed by atoms with Gasteiger partial charge in [-0.2, -0.15) is 4.31 Å². The smallest absolute Gasteiger partial charge is 0.214 e. The lowest BCUT2D eigenvalue weighted by Gasteiger charge is -2.23. The van der Waals surface area contributed by atoms with Crippen molar-refractivity contribution in [3.05, 3.63) is 21.9 Å². The molecule has 1 aromatic heterocycles. The highest BCUT2D eigenvalue weighted by Gasteiger charge is 2.25. The Morgan fingerprint density at radius 1 is 1.38 bits per heavy atom. The van der Waals surface area contributed by atoms with Gasteiger partial charge in [0.1, 0.15) is 0 Å². The number of rotatable bonds is 5. The number of aliphatic hydroxyl groups is 1. The van der Waals surface area contributed by atoms with E-state index in [2.05, 4.69) is 11.8 Å². The Morgan fingerprint density at radius 2 is 2.05 bits per heavy atom. The van der Waals surface area contributed by atoms with E-state index in [1.54, 1.807) is 7.05 Å². The number of hydrogen-bond acceptors (Lipinski definition) is 4. The minimum absolute atomic E-state index is 0.0534. The summed E-state index contributed by atoms with van der Waals surface area (Å²) in [6.07, 6.45) is 0.449. The van der Waals surface area contributed by atoms with Gasteiger partial charge < -0.3 is 5.11 Å². The first-order chi connectivity index (χ1) is 9.64. The molecule has 0 atom stereocenters. The highest BCUT2D eigenvalue weighted by Crippen LogP contribution is 2.21. The molecule has 1 heterocycles. The van der Waals surface area contributed by atoms with Crippen LogP contribution >= 0.6 is 11.3 Å². The SMILES string of the molecule is CN(Cc1cc(C#CCCO)cs1)S(=O)(=O)CC(C)(C)C. The lowest BCUT2D eigenvalue weighted by Crippen LogP contribution is -2.33. The third-order valence-corrected chi connectivity index (χ3v) is 5.82. The van der Waals surface area contributed by atoms with E-state index in [4.69, 9.17) is 5.11 Å². The summed E-state index contributed by atoms with van der Waals surface area (Å²) in [6, 6.07) is 1.90. The average Bonchev–Trinajstić information content (AvgIpc) is 2.74. The fourth-order valence-corrected chi connectivity index (χ4v) is 4.33. The first kappa shape index (κ1) is 18.2. The summed E-state index contributed by atoms with van der Waals surface area (Å²) in [5.74, 6) is 5.93. The van der Waals surface area contributed by atoms with Crippen molar-refractivity contribution in [1.29, 1.82) is 0 Å². The third kappa shape index (κ3) is 6.62. The molecular formula is C15H23NO3S2. The fourth-order valence-electron chi connectivity index (χ4n) is 1.72. The zero-order chi connectivity index (χ0) is 16.1. The Balaban J connectivity index is 2.72. The van der Waals surface area contributed by atoms with Crippen molar-refractivity contribution in [3.8, 4) is 11.8 Å². The molecule has 1 rings (SSSR count). The molecule has 4 nitrogen and oxygen atoms in total. The van der Waals surface area contributed by atoms with Crippen molar-refractivity contribution in [3.63, 3.8) is 0 Å². The number of sulfonamides is 1. The van der Waals surface area contributed by atoms with Crippen LogP contribution in [0.15, 0.2) is 11.4 Å². The third-order valence-electron chi connectivity index (χ3n) is 2.59. The molecule has 0 bridgehead atoms. The first-order valence-corrected chi connectivity index (χ1v) is 9.24. The Hall–Kier alpha value is -0.870. The Kier molecular flexibility index (Phi) is 6.41. The zero-order valence-corrected chi connectivity index (χ0v) is 14.6. The molecule has 0 unspecified atom stereocenters. The van der Waals surface area contributed by atoms with Crippen LogP contribution in [0.5, 0.6) is 0 Å². The van der Waals surface area contributed by atoms with Crippen LogP contribution in [0, 0.1) is 17.3 Å². The summed E-state index contributed by atoms with van der Waals surface area (Å²) in [4.78, 5) is 0.961. The van der Waals surface area contributed by atoms with Gasteiger partial charge in [0.05, 0.1) is 12.4 Å². The minimum Gasteiger partial charge on any atom is -0.395 e. The predicted molar refractivity (Wildman–Crippen MR) is 87.6 cm³/mol. The van der Waals surface area contributed by atoms with Crippen LogP contribution in [-0.4, -0.2) is 37.2 Å². The van der Waals surface area contributed by atoms with Crippen molar-refractivity contribution in [2.24, 2.45) is 5.41 Å². The highest BCUT2D eigenvalue weighted by atomic mass is 32.2. The van der Waals surface area contributed by atoms with Crippen molar-refractivity contribution >= 4 is 21.4 Å². The van der Waals surface area contributed by atoms with E-state index in [0.717, 1.165) is 10.4 Å². The highest BCUT2D eigenvalue weighted by molar-refractivity contribution is 7.89. The molecule has 0 aromatic carbocycles. The molecule has 0 aliphatic heterocycles. The summed E-state index contributed by atoms with van der Waals surface area (Å²) < 4.78 is 25.9. The van der Waals surface area contributed by atoms with Crippen LogP contribution in [0.25, 0.3) is 0 Å². The van der Waals surface area contributed by atoms with E-state index in [1.165, 1.54) is 15.6 Å². The maximum Gasteiger partial charge on any atom is 0.214 e. The van der Waals surface area contributed by atoms with Gasteiger partial charge in [-0.1, -0.05) is 32.6 Å². The molecular weight excluding hydrogens is 306 g/mol. The largest absolute Gasteiger partial charge is 0.395 e. The minimum atomic E-state index is -3.26. The summed E-state index contributed by atoms with van der Waals surface area (Å²) in [6.45, 7) is 6.16. The van der Waals surface area contributed by atoms with E-state index in [0.29, 0.717) is 13.0 Å². The predicted octanol–water partition coefficient (Wildman–Crippen LogP) is 2.29. The van der Waals surface area contributed by atoms with Gasteiger partial charge in [-0.25, -0.2) is 8.42 Å². The van der Waals surface area contributed by atoms with Crippen LogP contribution in [0.3, 0.4) is 0 Å². The van der Waals surface area contributed by atoms with Gasteiger partial charge in [0.2, 0.25) is 10.0 Å². The fraction of sp³-hybridized carbons (Fsp3) is 0.600. The van der Waals surface area contributed by atoms with E-state index in [1.807, 2.05) is 32.2 Å². The lowest BCUT2D eigenvalue weighted by atomic mass is 10.0. The zero-order valence-electron chi connectivity index (χ0n) is 13.0. The molecule has 0 saturated heterocycles. The van der Waals surface area contributed by atoms with Gasteiger partial charge in [-0.3, -0.25) is 0 Å². The maximum atomic E-state index is 12.2. The number of thiophene rings is 1. The molecule has 0 radical (unpaired) electrons. The van der Waals surface area contributed by atoms with Crippen LogP contribution in [0.2, 0.25) is 0 Å². The van der Waals surface area contributed by atoms with Gasteiger partial charge in [0.15, 0.2) is 0 Å². The second-order valence-electron chi connectivity index (χ2n) is 6.15. The molecule has 0 spiro atoms. The van der Waals surface area contributed by atoms with Crippen LogP contribution in [0.1, 0.15) is 37.6 Å². The first-order valence-electron chi connectivity index (χ1n) is 6.75. The quantitative estimate of drug-likeness (QED) is 0.843. The molecule has 0 amide bonds. The van der Waals surface area contributed by atoms with Gasteiger partial charge in [-0.15, -0.1) is 11.3 Å². The standard InChI is InChI=1S/C15H23NO3S2/c1-15(2,3)12-21(18,19)16(4)10-14-9-13(11-20-14)7-5-6-8-17/h9,11,17H,6,8,10,12H2,1-4H3. The van der Waals surface area contributed by atoms with Crippen molar-refractivity contribution < 1.29 is 13.5 Å². The molecule has 0 aliphatic rings. The average molecular weight is 329 g/mol. The Labute approximate surface area is 131 Å². The second kappa shape index (κ2) is 7.41. The van der Waals surface area contributed by atoms with Gasteiger partial charge in [0.25, 0.3) is 0 Å². The van der Waals surface area contributed by atoms with E-state index >= 15 is 0 Å². The van der Waals surface area contributed by atoms with Gasteiger partial charge in [0, 0.05) is 35.8 Å². The monoisotopic (exact) mass is 329 g/mol. The van der Waals surface area contributed by atoms with Gasteiger partial charge >= 0.3 is 0 Å². The lowest BCUT2D eigenvalue weighted by molar-refractivity contribution is 0.305. The molecule has 0 saturated carbocycles. The maximum absolute atomic E-state index is 12.2. The molecule has 0 fully saturated rings. The molecule has 6 heteroatoms. The number of nitrogens with zero attached hydrogens (tertiary/aromatic N) is 1. The van der Waals surface area contributed by atoms with Crippen LogP contribution in [0.4, 0.5) is 0 Å². The normalized spacial score (nSPS) is 12.3. The molecule has 1 aromatic rings. The van der Waals surface area contributed by atoms with Gasteiger partial charge in [-0.05, 0) is 11.5 Å². The summed E-state index contributed by atoms with van der Waals surface area (Å²) in [5, 5.41) is 10.6. The summed E-state index contributed by atoms with van der Waals surface area (Å²) >= 11 is 1.50. The number of aliphatic hydroxyl groups excluding tert-OH is 1. The molecule has 0 aliphatic carbocycles. The number of hydrogen-bond donors (Lipinski definition) is 1. The second-order valence-corrected chi connectivity index (χ2v) is 9.22. The topological polar surface area (TPSA) is 57.6 Å². The van der Waals surface area contributed by atoms with E-state index in [9.17, 15) is 8.42 Å². The van der Waals surface area contributed by atoms with E-state index < -0.39 is 10.0 Å². The Bertz CT molecular complexity index is 615. The van der Waals surface area contributed by atoms with E-state index in [-0.39, 0.29) is 17.8 Å². The van der Waals surface area contributed by atoms with Crippen molar-refractivity contribution in [1.82, 2.24) is 4.31 Å². The summed E-state index contributed by atoms with van der Waals surface area (Å²) in [5.41, 5.74) is 0.605. The molecule has 118 valence electrons. The Morgan fingerprint density at radius 3 is 2.62 bits per heavy atom. The van der Waals surface area contributed by atoms with Crippen LogP contribution in [-0.2, 0) is 16.6 Å².